The van der Waals surface area contributed by atoms with Crippen LogP contribution in [0, 0.1) is 24.0 Å². The number of nitrogens with one attached hydrogen (secondary N) is 1. The van der Waals surface area contributed by atoms with Gasteiger partial charge in [-0.3, -0.25) is 10.1 Å². The molecule has 2 rings (SSSR count). The van der Waals surface area contributed by atoms with Gasteiger partial charge in [-0.2, -0.15) is 0 Å². The molecule has 1 heterocycles. The van der Waals surface area contributed by atoms with Crippen LogP contribution < -0.4 is 5.32 Å². The van der Waals surface area contributed by atoms with Gasteiger partial charge in [0.05, 0.1) is 16.7 Å². The number of pyridine rings is 1. The number of aromatic nitrogens is 1. The van der Waals surface area contributed by atoms with Gasteiger partial charge in [-0.25, -0.2) is 4.98 Å². The molecule has 0 bridgehead atoms. The summed E-state index contributed by atoms with van der Waals surface area (Å²) in [5, 5.41) is 13.8. The molecule has 1 N–H and O–H groups in total. The van der Waals surface area contributed by atoms with Gasteiger partial charge in [0.1, 0.15) is 5.82 Å². The highest BCUT2D eigenvalue weighted by Crippen LogP contribution is 2.26. The van der Waals surface area contributed by atoms with E-state index < -0.39 is 4.92 Å². The number of nitrogens with zero attached hydrogens (tertiary/aromatic N) is 2. The summed E-state index contributed by atoms with van der Waals surface area (Å²) in [6, 6.07) is 8.81. The number of benzene rings is 1. The summed E-state index contributed by atoms with van der Waals surface area (Å²) < 4.78 is 0. The number of anilines is 1. The van der Waals surface area contributed by atoms with Gasteiger partial charge in [-0.05, 0) is 31.0 Å². The molecule has 0 unspecified atom stereocenters. The Morgan fingerprint density at radius 1 is 1.16 bits per heavy atom. The van der Waals surface area contributed by atoms with Crippen molar-refractivity contribution in [2.75, 3.05) is 12.4 Å². The monoisotopic (exact) mass is 257 g/mol. The third kappa shape index (κ3) is 2.70. The average molecular weight is 257 g/mol. The molecule has 0 radical (unpaired) electrons. The van der Waals surface area contributed by atoms with Crippen LogP contribution in [0.3, 0.4) is 0 Å². The van der Waals surface area contributed by atoms with E-state index >= 15 is 0 Å². The maximum absolute atomic E-state index is 10.9. The molecule has 0 aliphatic rings. The molecular formula is C14H15N3O2. The molecule has 0 fully saturated rings. The van der Waals surface area contributed by atoms with E-state index in [4.69, 9.17) is 0 Å². The van der Waals surface area contributed by atoms with Gasteiger partial charge >= 0.3 is 0 Å². The van der Waals surface area contributed by atoms with Crippen LogP contribution in [-0.2, 0) is 0 Å². The smallest absolute Gasteiger partial charge is 0.275 e. The topological polar surface area (TPSA) is 68.1 Å². The first-order chi connectivity index (χ1) is 9.01. The van der Waals surface area contributed by atoms with Crippen molar-refractivity contribution >= 4 is 11.5 Å². The molecule has 0 spiro atoms. The standard InChI is InChI=1S/C14H15N3O2/c1-9-4-5-11(6-10(9)2)13-7-12(17(18)19)8-14(15-3)16-13/h4-8H,1-3H3,(H,15,16). The third-order valence-electron chi connectivity index (χ3n) is 3.08. The third-order valence-corrected chi connectivity index (χ3v) is 3.08. The first-order valence-electron chi connectivity index (χ1n) is 5.93. The zero-order valence-corrected chi connectivity index (χ0v) is 11.1. The summed E-state index contributed by atoms with van der Waals surface area (Å²) in [6.07, 6.45) is 0. The molecule has 0 saturated heterocycles. The van der Waals surface area contributed by atoms with Gasteiger partial charge in [0.25, 0.3) is 5.69 Å². The van der Waals surface area contributed by atoms with Crippen molar-refractivity contribution in [2.24, 2.45) is 0 Å². The summed E-state index contributed by atoms with van der Waals surface area (Å²) in [5.74, 6) is 0.488. The van der Waals surface area contributed by atoms with Crippen LogP contribution in [0.15, 0.2) is 30.3 Å². The molecule has 0 atom stereocenters. The van der Waals surface area contributed by atoms with Gasteiger partial charge in [-0.15, -0.1) is 0 Å². The Bertz CT molecular complexity index is 639. The van der Waals surface area contributed by atoms with E-state index in [0.717, 1.165) is 11.1 Å². The zero-order chi connectivity index (χ0) is 14.0. The fraction of sp³-hybridized carbons (Fsp3) is 0.214. The fourth-order valence-corrected chi connectivity index (χ4v) is 1.80. The fourth-order valence-electron chi connectivity index (χ4n) is 1.80. The minimum absolute atomic E-state index is 0.0348. The lowest BCUT2D eigenvalue weighted by molar-refractivity contribution is -0.384. The molecule has 1 aromatic heterocycles. The highest BCUT2D eigenvalue weighted by atomic mass is 16.6. The van der Waals surface area contributed by atoms with Crippen LogP contribution >= 0.6 is 0 Å². The number of hydrogen-bond donors (Lipinski definition) is 1. The number of aryl methyl sites for hydroxylation is 2. The Morgan fingerprint density at radius 2 is 1.89 bits per heavy atom. The second-order valence-corrected chi connectivity index (χ2v) is 4.40. The van der Waals surface area contributed by atoms with Crippen molar-refractivity contribution in [3.63, 3.8) is 0 Å². The van der Waals surface area contributed by atoms with Crippen molar-refractivity contribution in [1.82, 2.24) is 4.98 Å². The van der Waals surface area contributed by atoms with Gasteiger partial charge in [0.2, 0.25) is 0 Å². The Labute approximate surface area is 111 Å². The van der Waals surface area contributed by atoms with Crippen LogP contribution in [0.1, 0.15) is 11.1 Å². The molecule has 19 heavy (non-hydrogen) atoms. The Hall–Kier alpha value is -2.43. The van der Waals surface area contributed by atoms with Crippen LogP contribution in [0.5, 0.6) is 0 Å². The van der Waals surface area contributed by atoms with E-state index in [1.165, 1.54) is 17.7 Å². The first-order valence-corrected chi connectivity index (χ1v) is 5.93. The van der Waals surface area contributed by atoms with E-state index in [0.29, 0.717) is 11.5 Å². The number of nitro groups is 1. The second kappa shape index (κ2) is 5.06. The maximum atomic E-state index is 10.9. The van der Waals surface area contributed by atoms with Crippen LogP contribution in [0.4, 0.5) is 11.5 Å². The van der Waals surface area contributed by atoms with Crippen LogP contribution in [-0.4, -0.2) is 17.0 Å². The molecule has 0 aliphatic carbocycles. The summed E-state index contributed by atoms with van der Waals surface area (Å²) in [6.45, 7) is 4.04. The lowest BCUT2D eigenvalue weighted by Gasteiger charge is -2.07. The Morgan fingerprint density at radius 3 is 2.47 bits per heavy atom. The number of rotatable bonds is 3. The minimum Gasteiger partial charge on any atom is -0.373 e. The van der Waals surface area contributed by atoms with Crippen molar-refractivity contribution in [3.05, 3.63) is 51.6 Å². The highest BCUT2D eigenvalue weighted by molar-refractivity contribution is 5.66. The zero-order valence-electron chi connectivity index (χ0n) is 11.1. The lowest BCUT2D eigenvalue weighted by atomic mass is 10.0. The molecule has 98 valence electrons. The molecule has 0 amide bonds. The predicted molar refractivity (Wildman–Crippen MR) is 75.3 cm³/mol. The number of hydrogen-bond acceptors (Lipinski definition) is 4. The molecule has 1 aromatic carbocycles. The lowest BCUT2D eigenvalue weighted by Crippen LogP contribution is -1.97. The van der Waals surface area contributed by atoms with Gasteiger partial charge in [0.15, 0.2) is 0 Å². The molecule has 5 nitrogen and oxygen atoms in total. The van der Waals surface area contributed by atoms with Crippen LogP contribution in [0.2, 0.25) is 0 Å². The molecule has 5 heteroatoms. The van der Waals surface area contributed by atoms with Crippen molar-refractivity contribution < 1.29 is 4.92 Å². The van der Waals surface area contributed by atoms with E-state index in [1.54, 1.807) is 7.05 Å². The summed E-state index contributed by atoms with van der Waals surface area (Å²) in [7, 11) is 1.69. The second-order valence-electron chi connectivity index (χ2n) is 4.40. The van der Waals surface area contributed by atoms with Gasteiger partial charge < -0.3 is 5.32 Å². The van der Waals surface area contributed by atoms with E-state index in [9.17, 15) is 10.1 Å². The van der Waals surface area contributed by atoms with Crippen molar-refractivity contribution in [2.45, 2.75) is 13.8 Å². The van der Waals surface area contributed by atoms with Crippen molar-refractivity contribution in [1.29, 1.82) is 0 Å². The molecule has 2 aromatic rings. The van der Waals surface area contributed by atoms with Gasteiger partial charge in [0, 0.05) is 18.7 Å². The largest absolute Gasteiger partial charge is 0.373 e. The summed E-state index contributed by atoms with van der Waals surface area (Å²) in [4.78, 5) is 14.9. The molecule has 0 saturated carbocycles. The maximum Gasteiger partial charge on any atom is 0.275 e. The van der Waals surface area contributed by atoms with E-state index in [2.05, 4.69) is 10.3 Å². The Kier molecular flexibility index (Phi) is 3.46. The summed E-state index contributed by atoms with van der Waals surface area (Å²) >= 11 is 0. The minimum atomic E-state index is -0.410. The van der Waals surface area contributed by atoms with E-state index in [1.807, 2.05) is 32.0 Å². The first kappa shape index (κ1) is 13.0. The SMILES string of the molecule is CNc1cc([N+](=O)[O-])cc(-c2ccc(C)c(C)c2)n1. The molecular weight excluding hydrogens is 242 g/mol. The van der Waals surface area contributed by atoms with E-state index in [-0.39, 0.29) is 5.69 Å². The summed E-state index contributed by atoms with van der Waals surface area (Å²) in [5.41, 5.74) is 3.83. The van der Waals surface area contributed by atoms with Crippen LogP contribution in [0.25, 0.3) is 11.3 Å². The Balaban J connectivity index is 2.57. The average Bonchev–Trinajstić information content (AvgIpc) is 2.41. The van der Waals surface area contributed by atoms with Crippen molar-refractivity contribution in [3.8, 4) is 11.3 Å². The quantitative estimate of drug-likeness (QED) is 0.676. The normalized spacial score (nSPS) is 10.3. The van der Waals surface area contributed by atoms with Gasteiger partial charge in [-0.1, -0.05) is 12.1 Å². The highest BCUT2D eigenvalue weighted by Gasteiger charge is 2.12. The predicted octanol–water partition coefficient (Wildman–Crippen LogP) is 3.32. The molecule has 0 aliphatic heterocycles.